The highest BCUT2D eigenvalue weighted by molar-refractivity contribution is 5.84. The number of hydrogen-bond acceptors (Lipinski definition) is 2. The molecule has 0 spiro atoms. The van der Waals surface area contributed by atoms with E-state index in [-0.39, 0.29) is 0 Å². The third-order valence-corrected chi connectivity index (χ3v) is 3.67. The molecule has 0 radical (unpaired) electrons. The molecule has 110 valence electrons. The van der Waals surface area contributed by atoms with Gasteiger partial charge in [0.25, 0.3) is 0 Å². The predicted molar refractivity (Wildman–Crippen MR) is 85.3 cm³/mol. The van der Waals surface area contributed by atoms with E-state index in [1.165, 1.54) is 36.6 Å². The summed E-state index contributed by atoms with van der Waals surface area (Å²) in [5, 5.41) is 1.24. The Bertz CT molecular complexity index is 519. The normalized spacial score (nSPS) is 11.1. The number of benzene rings is 1. The molecule has 0 saturated carbocycles. The minimum absolute atomic E-state index is 0.676. The van der Waals surface area contributed by atoms with Crippen LogP contribution in [0.15, 0.2) is 24.4 Å². The maximum Gasteiger partial charge on any atom is 0.120 e. The van der Waals surface area contributed by atoms with Crippen LogP contribution in [0.25, 0.3) is 10.9 Å². The van der Waals surface area contributed by atoms with E-state index in [0.29, 0.717) is 6.54 Å². The Balaban J connectivity index is 1.88. The Morgan fingerprint density at radius 3 is 2.80 bits per heavy atom. The molecule has 0 unspecified atom stereocenters. The van der Waals surface area contributed by atoms with Gasteiger partial charge in [-0.15, -0.1) is 0 Å². The van der Waals surface area contributed by atoms with E-state index in [1.807, 2.05) is 12.3 Å². The molecule has 2 rings (SSSR count). The van der Waals surface area contributed by atoms with Crippen LogP contribution >= 0.6 is 0 Å². The van der Waals surface area contributed by atoms with E-state index >= 15 is 0 Å². The highest BCUT2D eigenvalue weighted by Gasteiger charge is 2.04. The van der Waals surface area contributed by atoms with Crippen molar-refractivity contribution in [1.29, 1.82) is 0 Å². The Kier molecular flexibility index (Phi) is 5.93. The largest absolute Gasteiger partial charge is 0.494 e. The van der Waals surface area contributed by atoms with E-state index in [4.69, 9.17) is 10.5 Å². The Morgan fingerprint density at radius 2 is 2.00 bits per heavy atom. The van der Waals surface area contributed by atoms with Gasteiger partial charge in [0.15, 0.2) is 0 Å². The van der Waals surface area contributed by atoms with Crippen molar-refractivity contribution in [2.75, 3.05) is 13.2 Å². The summed E-state index contributed by atoms with van der Waals surface area (Å²) in [6, 6.07) is 6.25. The van der Waals surface area contributed by atoms with E-state index in [2.05, 4.69) is 24.0 Å². The maximum absolute atomic E-state index is 5.85. The van der Waals surface area contributed by atoms with Gasteiger partial charge in [-0.25, -0.2) is 0 Å². The molecule has 0 saturated heterocycles. The van der Waals surface area contributed by atoms with Crippen LogP contribution in [0.1, 0.15) is 44.6 Å². The zero-order valence-electron chi connectivity index (χ0n) is 12.5. The van der Waals surface area contributed by atoms with Gasteiger partial charge < -0.3 is 15.5 Å². The van der Waals surface area contributed by atoms with Crippen molar-refractivity contribution in [3.8, 4) is 5.75 Å². The molecule has 0 fully saturated rings. The van der Waals surface area contributed by atoms with Crippen molar-refractivity contribution in [2.24, 2.45) is 5.73 Å². The number of ether oxygens (including phenoxy) is 1. The fourth-order valence-electron chi connectivity index (χ4n) is 2.51. The summed E-state index contributed by atoms with van der Waals surface area (Å²) in [5.74, 6) is 0.964. The maximum atomic E-state index is 5.85. The number of H-pyrrole nitrogens is 1. The standard InChI is InChI=1S/C17H26N2O/c1-2-3-4-5-6-11-20-15-7-8-17-16(12-15)14(9-10-18)13-19-17/h7-8,12-13,19H,2-6,9-11,18H2,1H3. The molecule has 1 aromatic carbocycles. The van der Waals surface area contributed by atoms with Gasteiger partial charge in [0, 0.05) is 17.1 Å². The average molecular weight is 274 g/mol. The number of nitrogens with two attached hydrogens (primary N) is 1. The summed E-state index contributed by atoms with van der Waals surface area (Å²) in [5.41, 5.74) is 8.07. The summed E-state index contributed by atoms with van der Waals surface area (Å²) in [6.07, 6.45) is 9.29. The lowest BCUT2D eigenvalue weighted by molar-refractivity contribution is 0.305. The lowest BCUT2D eigenvalue weighted by Gasteiger charge is -2.06. The van der Waals surface area contributed by atoms with Gasteiger partial charge in [-0.2, -0.15) is 0 Å². The number of unbranched alkanes of at least 4 members (excludes halogenated alkanes) is 4. The van der Waals surface area contributed by atoms with Gasteiger partial charge >= 0.3 is 0 Å². The average Bonchev–Trinajstić information content (AvgIpc) is 2.86. The molecule has 0 atom stereocenters. The quantitative estimate of drug-likeness (QED) is 0.679. The third kappa shape index (κ3) is 4.01. The highest BCUT2D eigenvalue weighted by Crippen LogP contribution is 2.24. The molecule has 0 amide bonds. The molecule has 20 heavy (non-hydrogen) atoms. The van der Waals surface area contributed by atoms with Crippen molar-refractivity contribution in [2.45, 2.75) is 45.4 Å². The lowest BCUT2D eigenvalue weighted by atomic mass is 10.1. The molecule has 1 heterocycles. The molecule has 0 aliphatic heterocycles. The van der Waals surface area contributed by atoms with Gasteiger partial charge in [-0.1, -0.05) is 32.6 Å². The minimum atomic E-state index is 0.676. The molecule has 1 aromatic heterocycles. The number of aromatic nitrogens is 1. The van der Waals surface area contributed by atoms with E-state index in [0.717, 1.165) is 30.7 Å². The lowest BCUT2D eigenvalue weighted by Crippen LogP contribution is -2.02. The van der Waals surface area contributed by atoms with Gasteiger partial charge in [0.2, 0.25) is 0 Å². The molecular weight excluding hydrogens is 248 g/mol. The monoisotopic (exact) mass is 274 g/mol. The number of nitrogens with one attached hydrogen (secondary N) is 1. The predicted octanol–water partition coefficient (Wildman–Crippen LogP) is 4.02. The molecule has 3 N–H and O–H groups in total. The van der Waals surface area contributed by atoms with Gasteiger partial charge in [-0.3, -0.25) is 0 Å². The summed E-state index contributed by atoms with van der Waals surface area (Å²) in [7, 11) is 0. The Morgan fingerprint density at radius 1 is 1.15 bits per heavy atom. The van der Waals surface area contributed by atoms with E-state index < -0.39 is 0 Å². The number of aromatic amines is 1. The van der Waals surface area contributed by atoms with Gasteiger partial charge in [0.1, 0.15) is 5.75 Å². The molecule has 0 bridgehead atoms. The van der Waals surface area contributed by atoms with Crippen LogP contribution in [0.5, 0.6) is 5.75 Å². The van der Waals surface area contributed by atoms with Crippen LogP contribution in [0.3, 0.4) is 0 Å². The highest BCUT2D eigenvalue weighted by atomic mass is 16.5. The summed E-state index contributed by atoms with van der Waals surface area (Å²) in [4.78, 5) is 3.28. The minimum Gasteiger partial charge on any atom is -0.494 e. The van der Waals surface area contributed by atoms with Crippen molar-refractivity contribution < 1.29 is 4.74 Å². The van der Waals surface area contributed by atoms with Gasteiger partial charge in [-0.05, 0) is 43.1 Å². The van der Waals surface area contributed by atoms with Crippen LogP contribution in [0, 0.1) is 0 Å². The smallest absolute Gasteiger partial charge is 0.120 e. The van der Waals surface area contributed by atoms with Gasteiger partial charge in [0.05, 0.1) is 6.61 Å². The fraction of sp³-hybridized carbons (Fsp3) is 0.529. The fourth-order valence-corrected chi connectivity index (χ4v) is 2.51. The van der Waals surface area contributed by atoms with Crippen molar-refractivity contribution in [3.63, 3.8) is 0 Å². The van der Waals surface area contributed by atoms with Crippen LogP contribution in [-0.2, 0) is 6.42 Å². The van der Waals surface area contributed by atoms with Crippen molar-refractivity contribution in [3.05, 3.63) is 30.0 Å². The zero-order chi connectivity index (χ0) is 14.2. The van der Waals surface area contributed by atoms with Crippen LogP contribution in [-0.4, -0.2) is 18.1 Å². The molecule has 2 aromatic rings. The topological polar surface area (TPSA) is 51.0 Å². The second kappa shape index (κ2) is 7.95. The third-order valence-electron chi connectivity index (χ3n) is 3.67. The van der Waals surface area contributed by atoms with Crippen LogP contribution in [0.4, 0.5) is 0 Å². The first-order chi connectivity index (χ1) is 9.85. The molecule has 3 heteroatoms. The van der Waals surface area contributed by atoms with E-state index in [1.54, 1.807) is 0 Å². The van der Waals surface area contributed by atoms with E-state index in [9.17, 15) is 0 Å². The zero-order valence-corrected chi connectivity index (χ0v) is 12.5. The first-order valence-electron chi connectivity index (χ1n) is 7.78. The molecule has 0 aliphatic rings. The SMILES string of the molecule is CCCCCCCOc1ccc2[nH]cc(CCN)c2c1. The second-order valence-corrected chi connectivity index (χ2v) is 5.32. The second-order valence-electron chi connectivity index (χ2n) is 5.32. The number of hydrogen-bond donors (Lipinski definition) is 2. The first-order valence-corrected chi connectivity index (χ1v) is 7.78. The van der Waals surface area contributed by atoms with Crippen molar-refractivity contribution in [1.82, 2.24) is 4.98 Å². The molecular formula is C17H26N2O. The van der Waals surface area contributed by atoms with Crippen molar-refractivity contribution >= 4 is 10.9 Å². The summed E-state index contributed by atoms with van der Waals surface area (Å²) < 4.78 is 5.85. The van der Waals surface area contributed by atoms with Crippen LogP contribution in [0.2, 0.25) is 0 Å². The van der Waals surface area contributed by atoms with Crippen LogP contribution < -0.4 is 10.5 Å². The number of rotatable bonds is 9. The molecule has 0 aliphatic carbocycles. The summed E-state index contributed by atoms with van der Waals surface area (Å²) in [6.45, 7) is 3.73. The number of fused-ring (bicyclic) bond motifs is 1. The Labute approximate surface area is 121 Å². The summed E-state index contributed by atoms with van der Waals surface area (Å²) >= 11 is 0. The molecule has 3 nitrogen and oxygen atoms in total. The first kappa shape index (κ1) is 14.9. The Hall–Kier alpha value is -1.48.